The molecule has 0 unspecified atom stereocenters. The molecule has 128 valence electrons. The van der Waals surface area contributed by atoms with Crippen molar-refractivity contribution < 1.29 is 4.79 Å². The van der Waals surface area contributed by atoms with Gasteiger partial charge in [-0.1, -0.05) is 13.0 Å². The van der Waals surface area contributed by atoms with Crippen LogP contribution in [0.15, 0.2) is 30.6 Å². The zero-order valence-corrected chi connectivity index (χ0v) is 14.7. The second kappa shape index (κ2) is 8.10. The average molecular weight is 345 g/mol. The zero-order chi connectivity index (χ0) is 16.8. The maximum atomic E-state index is 12.0. The molecule has 0 aliphatic carbocycles. The lowest BCUT2D eigenvalue weighted by atomic mass is 10.3. The molecule has 2 aromatic rings. The summed E-state index contributed by atoms with van der Waals surface area (Å²) < 4.78 is 0. The zero-order valence-electron chi connectivity index (χ0n) is 13.9. The van der Waals surface area contributed by atoms with Crippen molar-refractivity contribution in [2.24, 2.45) is 0 Å². The van der Waals surface area contributed by atoms with E-state index < -0.39 is 0 Å². The summed E-state index contributed by atoms with van der Waals surface area (Å²) in [6, 6.07) is 5.96. The van der Waals surface area contributed by atoms with Crippen molar-refractivity contribution in [2.75, 3.05) is 24.5 Å². The first-order valence-electron chi connectivity index (χ1n) is 8.38. The topological polar surface area (TPSA) is 70.2 Å². The number of pyridine rings is 1. The minimum atomic E-state index is -0.102. The fraction of sp³-hybridized carbons (Fsp3) is 0.471. The summed E-state index contributed by atoms with van der Waals surface area (Å²) in [6.07, 6.45) is 6.45. The van der Waals surface area contributed by atoms with Crippen LogP contribution in [-0.2, 0) is 12.8 Å². The third-order valence-electron chi connectivity index (χ3n) is 4.07. The molecule has 2 aromatic heterocycles. The van der Waals surface area contributed by atoms with Crippen molar-refractivity contribution in [3.63, 3.8) is 0 Å². The minimum Gasteiger partial charge on any atom is -0.354 e. The van der Waals surface area contributed by atoms with E-state index in [1.54, 1.807) is 17.5 Å². The van der Waals surface area contributed by atoms with Gasteiger partial charge in [-0.25, -0.2) is 14.8 Å². The Hall–Kier alpha value is -2.15. The van der Waals surface area contributed by atoms with Gasteiger partial charge in [0.25, 0.3) is 0 Å². The number of nitrogens with one attached hydrogen (secondary N) is 2. The molecule has 1 aliphatic heterocycles. The number of carbonyl (C=O) groups excluding carboxylic acids is 1. The second-order valence-electron chi connectivity index (χ2n) is 5.84. The normalized spacial score (nSPS) is 17.0. The third kappa shape index (κ3) is 4.44. The number of hydrogen-bond donors (Lipinski definition) is 2. The standard InChI is InChI=1S/C17H23N5OS/c1-2-14-11-20-16(24-14)6-9-19-17(23)21-13-7-10-22(12-13)15-5-3-4-8-18-15/h3-5,8,11,13H,2,6-7,9-10,12H2,1H3,(H2,19,21,23)/t13-/m0/s1. The van der Waals surface area contributed by atoms with Crippen LogP contribution in [0, 0.1) is 0 Å². The van der Waals surface area contributed by atoms with Gasteiger partial charge < -0.3 is 15.5 Å². The highest BCUT2D eigenvalue weighted by molar-refractivity contribution is 7.11. The largest absolute Gasteiger partial charge is 0.354 e. The number of urea groups is 1. The number of aromatic nitrogens is 2. The number of aryl methyl sites for hydroxylation is 1. The van der Waals surface area contributed by atoms with E-state index in [-0.39, 0.29) is 12.1 Å². The molecular weight excluding hydrogens is 322 g/mol. The van der Waals surface area contributed by atoms with Crippen LogP contribution < -0.4 is 15.5 Å². The van der Waals surface area contributed by atoms with Crippen molar-refractivity contribution in [1.82, 2.24) is 20.6 Å². The minimum absolute atomic E-state index is 0.102. The van der Waals surface area contributed by atoms with E-state index in [0.717, 1.165) is 43.2 Å². The molecule has 3 rings (SSSR count). The van der Waals surface area contributed by atoms with Gasteiger partial charge in [0, 0.05) is 49.4 Å². The first-order chi connectivity index (χ1) is 11.7. The van der Waals surface area contributed by atoms with Crippen LogP contribution >= 0.6 is 11.3 Å². The van der Waals surface area contributed by atoms with E-state index >= 15 is 0 Å². The molecular formula is C17H23N5OS. The van der Waals surface area contributed by atoms with E-state index in [0.29, 0.717) is 6.54 Å². The van der Waals surface area contributed by atoms with E-state index in [1.807, 2.05) is 24.4 Å². The van der Waals surface area contributed by atoms with E-state index in [4.69, 9.17) is 0 Å². The van der Waals surface area contributed by atoms with Gasteiger partial charge in [-0.15, -0.1) is 11.3 Å². The molecule has 2 N–H and O–H groups in total. The monoisotopic (exact) mass is 345 g/mol. The predicted molar refractivity (Wildman–Crippen MR) is 96.6 cm³/mol. The highest BCUT2D eigenvalue weighted by Gasteiger charge is 2.24. The highest BCUT2D eigenvalue weighted by atomic mass is 32.1. The number of rotatable bonds is 6. The molecule has 0 saturated carbocycles. The summed E-state index contributed by atoms with van der Waals surface area (Å²) in [5.74, 6) is 0.970. The van der Waals surface area contributed by atoms with E-state index in [2.05, 4.69) is 32.4 Å². The van der Waals surface area contributed by atoms with Gasteiger partial charge >= 0.3 is 6.03 Å². The molecule has 0 radical (unpaired) electrons. The van der Waals surface area contributed by atoms with Crippen molar-refractivity contribution >= 4 is 23.2 Å². The fourth-order valence-corrected chi connectivity index (χ4v) is 3.64. The molecule has 24 heavy (non-hydrogen) atoms. The van der Waals surface area contributed by atoms with Crippen molar-refractivity contribution in [3.8, 4) is 0 Å². The second-order valence-corrected chi connectivity index (χ2v) is 7.04. The van der Waals surface area contributed by atoms with Gasteiger partial charge in [-0.2, -0.15) is 0 Å². The summed E-state index contributed by atoms with van der Waals surface area (Å²) in [4.78, 5) is 24.2. The summed E-state index contributed by atoms with van der Waals surface area (Å²) in [6.45, 7) is 4.45. The summed E-state index contributed by atoms with van der Waals surface area (Å²) in [5.41, 5.74) is 0. The van der Waals surface area contributed by atoms with Crippen molar-refractivity contribution in [2.45, 2.75) is 32.2 Å². The average Bonchev–Trinajstić information content (AvgIpc) is 3.25. The molecule has 7 heteroatoms. The number of carbonyl (C=O) groups is 1. The van der Waals surface area contributed by atoms with Gasteiger partial charge in [0.2, 0.25) is 0 Å². The van der Waals surface area contributed by atoms with Crippen LogP contribution in [0.4, 0.5) is 10.6 Å². The smallest absolute Gasteiger partial charge is 0.315 e. The maximum absolute atomic E-state index is 12.0. The molecule has 1 saturated heterocycles. The number of nitrogens with zero attached hydrogens (tertiary/aromatic N) is 3. The lowest BCUT2D eigenvalue weighted by molar-refractivity contribution is 0.238. The molecule has 3 heterocycles. The summed E-state index contributed by atoms with van der Waals surface area (Å²) in [7, 11) is 0. The van der Waals surface area contributed by atoms with Gasteiger partial charge in [0.05, 0.1) is 5.01 Å². The van der Waals surface area contributed by atoms with Crippen molar-refractivity contribution in [1.29, 1.82) is 0 Å². The van der Waals surface area contributed by atoms with Gasteiger partial charge in [0.15, 0.2) is 0 Å². The van der Waals surface area contributed by atoms with Crippen LogP contribution in [0.25, 0.3) is 0 Å². The SMILES string of the molecule is CCc1cnc(CCNC(=O)N[C@H]2CCN(c3ccccn3)C2)s1. The van der Waals surface area contributed by atoms with Crippen LogP contribution in [0.3, 0.4) is 0 Å². The Morgan fingerprint density at radius 3 is 3.08 bits per heavy atom. The predicted octanol–water partition coefficient (Wildman–Crippen LogP) is 2.22. The number of hydrogen-bond acceptors (Lipinski definition) is 5. The summed E-state index contributed by atoms with van der Waals surface area (Å²) in [5, 5.41) is 7.05. The maximum Gasteiger partial charge on any atom is 0.315 e. The lowest BCUT2D eigenvalue weighted by Crippen LogP contribution is -2.44. The van der Waals surface area contributed by atoms with Crippen LogP contribution in [0.5, 0.6) is 0 Å². The van der Waals surface area contributed by atoms with Crippen molar-refractivity contribution in [3.05, 3.63) is 40.5 Å². The van der Waals surface area contributed by atoms with E-state index in [9.17, 15) is 4.79 Å². The van der Waals surface area contributed by atoms with E-state index in [1.165, 1.54) is 4.88 Å². The Labute approximate surface area is 146 Å². The molecule has 1 fully saturated rings. The first-order valence-corrected chi connectivity index (χ1v) is 9.20. The Morgan fingerprint density at radius 2 is 2.33 bits per heavy atom. The van der Waals surface area contributed by atoms with Gasteiger partial charge in [0.1, 0.15) is 5.82 Å². The Morgan fingerprint density at radius 1 is 1.42 bits per heavy atom. The van der Waals surface area contributed by atoms with Gasteiger partial charge in [-0.3, -0.25) is 0 Å². The molecule has 0 aromatic carbocycles. The Kier molecular flexibility index (Phi) is 5.63. The molecule has 6 nitrogen and oxygen atoms in total. The number of thiazole rings is 1. The van der Waals surface area contributed by atoms with Gasteiger partial charge in [-0.05, 0) is 25.0 Å². The summed E-state index contributed by atoms with van der Waals surface area (Å²) >= 11 is 1.72. The molecule has 0 bridgehead atoms. The molecule has 0 spiro atoms. The van der Waals surface area contributed by atoms with Crippen LogP contribution in [0.1, 0.15) is 23.2 Å². The van der Waals surface area contributed by atoms with Crippen LogP contribution in [-0.4, -0.2) is 41.7 Å². The molecule has 1 atom stereocenters. The number of anilines is 1. The highest BCUT2D eigenvalue weighted by Crippen LogP contribution is 2.17. The Balaban J connectivity index is 1.38. The lowest BCUT2D eigenvalue weighted by Gasteiger charge is -2.17. The number of amides is 2. The van der Waals surface area contributed by atoms with Crippen LogP contribution in [0.2, 0.25) is 0 Å². The first kappa shape index (κ1) is 16.7. The Bertz CT molecular complexity index is 660. The quantitative estimate of drug-likeness (QED) is 0.842. The third-order valence-corrected chi connectivity index (χ3v) is 5.27. The molecule has 1 aliphatic rings. The fourth-order valence-electron chi connectivity index (χ4n) is 2.77. The molecule has 2 amide bonds.